The highest BCUT2D eigenvalue weighted by molar-refractivity contribution is 5.99. The maximum absolute atomic E-state index is 14.1. The molecule has 1 aromatic heterocycles. The van der Waals surface area contributed by atoms with Crippen LogP contribution in [0.5, 0.6) is 0 Å². The van der Waals surface area contributed by atoms with Gasteiger partial charge in [-0.1, -0.05) is 19.3 Å². The van der Waals surface area contributed by atoms with Crippen molar-refractivity contribution in [3.63, 3.8) is 0 Å². The molecule has 2 aromatic rings. The van der Waals surface area contributed by atoms with Gasteiger partial charge in [-0.15, -0.1) is 0 Å². The molecule has 11 nitrogen and oxygen atoms in total. The Bertz CT molecular complexity index is 1430. The molecule has 1 aliphatic heterocycles. The Kier molecular flexibility index (Phi) is 11.3. The lowest BCUT2D eigenvalue weighted by Crippen LogP contribution is -2.59. The van der Waals surface area contributed by atoms with E-state index in [0.717, 1.165) is 44.2 Å². The quantitative estimate of drug-likeness (QED) is 0.437. The number of nitrogens with one attached hydrogen (secondary N) is 1. The van der Waals surface area contributed by atoms with Gasteiger partial charge in [-0.05, 0) is 58.6 Å². The van der Waals surface area contributed by atoms with E-state index < -0.39 is 41.3 Å². The highest BCUT2D eigenvalue weighted by atomic mass is 19.2. The average molecular weight is 648 g/mol. The van der Waals surface area contributed by atoms with Crippen LogP contribution in [0, 0.1) is 17.6 Å². The van der Waals surface area contributed by atoms with Crippen molar-refractivity contribution in [2.75, 3.05) is 46.9 Å². The number of carbonyl (C=O) groups excluding carboxylic acids is 4. The van der Waals surface area contributed by atoms with E-state index in [1.54, 1.807) is 48.1 Å². The smallest absolute Gasteiger partial charge is 0.410 e. The third-order valence-electron chi connectivity index (χ3n) is 8.89. The number of fused-ring (bicyclic) bond motifs is 1. The number of halogens is 2. The van der Waals surface area contributed by atoms with Gasteiger partial charge in [0, 0.05) is 58.3 Å². The summed E-state index contributed by atoms with van der Waals surface area (Å²) in [5, 5.41) is 3.36. The summed E-state index contributed by atoms with van der Waals surface area (Å²) < 4.78 is 40.3. The van der Waals surface area contributed by atoms with Gasteiger partial charge >= 0.3 is 6.09 Å². The van der Waals surface area contributed by atoms with Crippen LogP contribution in [0.1, 0.15) is 70.3 Å². The van der Waals surface area contributed by atoms with Gasteiger partial charge < -0.3 is 29.2 Å². The summed E-state index contributed by atoms with van der Waals surface area (Å²) in [7, 11) is 3.01. The summed E-state index contributed by atoms with van der Waals surface area (Å²) in [6.45, 7) is 8.41. The molecule has 0 bridgehead atoms. The van der Waals surface area contributed by atoms with Gasteiger partial charge in [0.25, 0.3) is 5.91 Å². The van der Waals surface area contributed by atoms with Crippen molar-refractivity contribution in [2.45, 2.75) is 84.0 Å². The standard InChI is InChI=1S/C33H47F2N5O6/c1-21(37(5)32(44)46-33(2,3)4)29(41)36-28(22-10-8-7-9-11-22)31(43)39-14-12-38(13-15-39)30(42)27-19-23-18-24(34)25(35)20-26(23)40(27)16-17-45-6/h18-22,28H,7-17H2,1-6H3,(H,36,41). The van der Waals surface area contributed by atoms with E-state index in [4.69, 9.17) is 9.47 Å². The van der Waals surface area contributed by atoms with Gasteiger partial charge in [0.1, 0.15) is 23.4 Å². The molecular formula is C33H47F2N5O6. The van der Waals surface area contributed by atoms with Crippen molar-refractivity contribution in [1.82, 2.24) is 24.6 Å². The first-order chi connectivity index (χ1) is 21.7. The summed E-state index contributed by atoms with van der Waals surface area (Å²) in [6, 6.07) is 2.09. The number of amides is 4. The van der Waals surface area contributed by atoms with Gasteiger partial charge in [-0.25, -0.2) is 13.6 Å². The van der Waals surface area contributed by atoms with Crippen LogP contribution in [0.15, 0.2) is 18.2 Å². The second kappa shape index (κ2) is 14.8. The van der Waals surface area contributed by atoms with Crippen LogP contribution in [0.25, 0.3) is 10.9 Å². The molecule has 2 unspecified atom stereocenters. The lowest BCUT2D eigenvalue weighted by atomic mass is 9.83. The minimum Gasteiger partial charge on any atom is -0.444 e. The first-order valence-electron chi connectivity index (χ1n) is 16.0. The van der Waals surface area contributed by atoms with Crippen LogP contribution in [0.2, 0.25) is 0 Å². The Hall–Kier alpha value is -3.74. The minimum absolute atomic E-state index is 0.0406. The van der Waals surface area contributed by atoms with Crippen LogP contribution >= 0.6 is 0 Å². The Balaban J connectivity index is 1.46. The van der Waals surface area contributed by atoms with Crippen molar-refractivity contribution in [1.29, 1.82) is 0 Å². The summed E-state index contributed by atoms with van der Waals surface area (Å²) >= 11 is 0. The lowest BCUT2D eigenvalue weighted by molar-refractivity contribution is -0.140. The first-order valence-corrected chi connectivity index (χ1v) is 16.0. The second-order valence-corrected chi connectivity index (χ2v) is 13.3. The summed E-state index contributed by atoms with van der Waals surface area (Å²) in [5.41, 5.74) is -0.0415. The van der Waals surface area contributed by atoms with E-state index >= 15 is 0 Å². The highest BCUT2D eigenvalue weighted by Gasteiger charge is 2.38. The molecule has 1 aromatic carbocycles. The topological polar surface area (TPSA) is 113 Å². The van der Waals surface area contributed by atoms with Crippen LogP contribution in [-0.4, -0.2) is 108 Å². The van der Waals surface area contributed by atoms with E-state index in [1.165, 1.54) is 19.1 Å². The van der Waals surface area contributed by atoms with E-state index in [2.05, 4.69) is 5.32 Å². The molecule has 2 heterocycles. The largest absolute Gasteiger partial charge is 0.444 e. The number of rotatable bonds is 9. The second-order valence-electron chi connectivity index (χ2n) is 13.3. The minimum atomic E-state index is -0.999. The third kappa shape index (κ3) is 8.15. The molecule has 1 saturated heterocycles. The number of nitrogens with zero attached hydrogens (tertiary/aromatic N) is 4. The van der Waals surface area contributed by atoms with Crippen molar-refractivity contribution in [2.24, 2.45) is 5.92 Å². The maximum Gasteiger partial charge on any atom is 0.410 e. The maximum atomic E-state index is 14.1. The average Bonchev–Trinajstić information content (AvgIpc) is 3.37. The number of carbonyl (C=O) groups is 4. The van der Waals surface area contributed by atoms with Gasteiger partial charge in [0.05, 0.1) is 12.1 Å². The Morgan fingerprint density at radius 3 is 2.20 bits per heavy atom. The molecule has 46 heavy (non-hydrogen) atoms. The van der Waals surface area contributed by atoms with Gasteiger partial charge in [0.2, 0.25) is 11.8 Å². The number of hydrogen-bond acceptors (Lipinski definition) is 6. The highest BCUT2D eigenvalue weighted by Crippen LogP contribution is 2.29. The predicted octanol–water partition coefficient (Wildman–Crippen LogP) is 4.17. The molecule has 1 aliphatic carbocycles. The van der Waals surface area contributed by atoms with Crippen molar-refractivity contribution in [3.05, 3.63) is 35.5 Å². The van der Waals surface area contributed by atoms with E-state index in [0.29, 0.717) is 10.9 Å². The van der Waals surface area contributed by atoms with Crippen LogP contribution in [0.4, 0.5) is 13.6 Å². The van der Waals surface area contributed by atoms with Crippen LogP contribution in [0.3, 0.4) is 0 Å². The van der Waals surface area contributed by atoms with Gasteiger partial charge in [-0.3, -0.25) is 19.3 Å². The fourth-order valence-electron chi connectivity index (χ4n) is 6.14. The molecule has 0 radical (unpaired) electrons. The summed E-state index contributed by atoms with van der Waals surface area (Å²) in [6.07, 6.45) is 3.98. The lowest BCUT2D eigenvalue weighted by Gasteiger charge is -2.39. The number of methoxy groups -OCH3 is 1. The van der Waals surface area contributed by atoms with Gasteiger partial charge in [-0.2, -0.15) is 0 Å². The normalized spacial score (nSPS) is 17.5. The zero-order chi connectivity index (χ0) is 33.8. The Labute approximate surface area is 269 Å². The molecule has 254 valence electrons. The van der Waals surface area contributed by atoms with Crippen LogP contribution < -0.4 is 5.32 Å². The number of likely N-dealkylation sites (N-methyl/N-ethyl adjacent to an activating group) is 1. The molecule has 2 fully saturated rings. The summed E-state index contributed by atoms with van der Waals surface area (Å²) in [5.74, 6) is -2.99. The Morgan fingerprint density at radius 1 is 0.978 bits per heavy atom. The monoisotopic (exact) mass is 647 g/mol. The molecule has 0 spiro atoms. The first kappa shape index (κ1) is 35.1. The Morgan fingerprint density at radius 2 is 1.59 bits per heavy atom. The van der Waals surface area contributed by atoms with Crippen molar-refractivity contribution < 1.29 is 37.4 Å². The number of hydrogen-bond donors (Lipinski definition) is 1. The molecule has 2 aliphatic rings. The molecule has 13 heteroatoms. The van der Waals surface area contributed by atoms with E-state index in [9.17, 15) is 28.0 Å². The zero-order valence-electron chi connectivity index (χ0n) is 27.7. The number of benzene rings is 1. The van der Waals surface area contributed by atoms with E-state index in [-0.39, 0.29) is 62.8 Å². The number of aromatic nitrogens is 1. The molecule has 2 atom stereocenters. The molecule has 4 rings (SSSR count). The molecule has 4 amide bonds. The van der Waals surface area contributed by atoms with Crippen molar-refractivity contribution in [3.8, 4) is 0 Å². The third-order valence-corrected chi connectivity index (χ3v) is 8.89. The number of piperazine rings is 1. The van der Waals surface area contributed by atoms with Crippen molar-refractivity contribution >= 4 is 34.7 Å². The summed E-state index contributed by atoms with van der Waals surface area (Å²) in [4.78, 5) is 58.1. The predicted molar refractivity (Wildman–Crippen MR) is 168 cm³/mol. The van der Waals surface area contributed by atoms with Gasteiger partial charge in [0.15, 0.2) is 11.6 Å². The zero-order valence-corrected chi connectivity index (χ0v) is 27.7. The molecule has 1 N–H and O–H groups in total. The van der Waals surface area contributed by atoms with E-state index in [1.807, 2.05) is 0 Å². The SMILES string of the molecule is COCCn1c(C(=O)N2CCN(C(=O)C(NC(=O)C(C)N(C)C(=O)OC(C)(C)C)C3CCCCC3)CC2)cc2cc(F)c(F)cc21. The molecule has 1 saturated carbocycles. The number of ether oxygens (including phenoxy) is 2. The fraction of sp³-hybridized carbons (Fsp3) is 0.636. The molecular weight excluding hydrogens is 600 g/mol. The fourth-order valence-corrected chi connectivity index (χ4v) is 6.14. The van der Waals surface area contributed by atoms with Crippen LogP contribution in [-0.2, 0) is 25.6 Å².